The van der Waals surface area contributed by atoms with Crippen LogP contribution < -0.4 is 0 Å². The molecule has 3 aromatic rings. The van der Waals surface area contributed by atoms with E-state index in [2.05, 4.69) is 58.5 Å². The van der Waals surface area contributed by atoms with Crippen LogP contribution in [0.4, 0.5) is 0 Å². The number of hydrogen-bond donors (Lipinski definition) is 0. The van der Waals surface area contributed by atoms with Crippen molar-refractivity contribution < 1.29 is 4.79 Å². The molecule has 1 amide bonds. The van der Waals surface area contributed by atoms with Crippen LogP contribution in [0.2, 0.25) is 0 Å². The average molecular weight is 402 g/mol. The second kappa shape index (κ2) is 9.50. The Kier molecular flexibility index (Phi) is 6.35. The summed E-state index contributed by atoms with van der Waals surface area (Å²) in [6.07, 6.45) is 5.21. The third-order valence-corrected chi connectivity index (χ3v) is 5.48. The van der Waals surface area contributed by atoms with E-state index >= 15 is 0 Å². The first-order valence-electron chi connectivity index (χ1n) is 10.4. The van der Waals surface area contributed by atoms with Crippen molar-refractivity contribution in [3.63, 3.8) is 0 Å². The zero-order chi connectivity index (χ0) is 20.8. The fraction of sp³-hybridized carbons (Fsp3) is 0.292. The monoisotopic (exact) mass is 401 g/mol. The Labute approximate surface area is 177 Å². The van der Waals surface area contributed by atoms with Gasteiger partial charge in [0.1, 0.15) is 5.69 Å². The van der Waals surface area contributed by atoms with Crippen molar-refractivity contribution in [1.29, 1.82) is 0 Å². The Morgan fingerprint density at radius 3 is 2.47 bits per heavy atom. The van der Waals surface area contributed by atoms with Gasteiger partial charge >= 0.3 is 0 Å². The highest BCUT2D eigenvalue weighted by atomic mass is 16.2. The van der Waals surface area contributed by atoms with Crippen molar-refractivity contribution in [2.24, 2.45) is 0 Å². The molecule has 0 saturated carbocycles. The van der Waals surface area contributed by atoms with Crippen molar-refractivity contribution >= 4 is 12.0 Å². The van der Waals surface area contributed by atoms with Gasteiger partial charge in [0, 0.05) is 38.8 Å². The number of aryl methyl sites for hydroxylation is 1. The van der Waals surface area contributed by atoms with E-state index < -0.39 is 0 Å². The minimum atomic E-state index is 0.0307. The summed E-state index contributed by atoms with van der Waals surface area (Å²) in [6.45, 7) is 7.03. The summed E-state index contributed by atoms with van der Waals surface area (Å²) in [4.78, 5) is 16.9. The van der Waals surface area contributed by atoms with Gasteiger partial charge < -0.3 is 4.90 Å². The maximum absolute atomic E-state index is 12.6. The van der Waals surface area contributed by atoms with Gasteiger partial charge in [-0.25, -0.2) is 4.68 Å². The van der Waals surface area contributed by atoms with E-state index in [0.29, 0.717) is 12.2 Å². The molecule has 1 fully saturated rings. The summed E-state index contributed by atoms with van der Waals surface area (Å²) in [5, 5.41) is 8.29. The van der Waals surface area contributed by atoms with Gasteiger partial charge in [-0.15, -0.1) is 5.10 Å². The lowest BCUT2D eigenvalue weighted by Gasteiger charge is -2.34. The first-order valence-corrected chi connectivity index (χ1v) is 10.4. The Morgan fingerprint density at radius 1 is 0.967 bits per heavy atom. The van der Waals surface area contributed by atoms with Crippen LogP contribution >= 0.6 is 0 Å². The Hall–Kier alpha value is -3.25. The summed E-state index contributed by atoms with van der Waals surface area (Å²) in [7, 11) is 0. The Morgan fingerprint density at radius 2 is 1.70 bits per heavy atom. The van der Waals surface area contributed by atoms with E-state index in [9.17, 15) is 4.79 Å². The summed E-state index contributed by atoms with van der Waals surface area (Å²) in [5.74, 6) is 0.0307. The number of rotatable bonds is 6. The molecule has 154 valence electrons. The molecule has 1 aliphatic rings. The molecule has 0 spiro atoms. The molecule has 2 heterocycles. The maximum atomic E-state index is 12.6. The van der Waals surface area contributed by atoms with Crippen LogP contribution in [0.5, 0.6) is 0 Å². The van der Waals surface area contributed by atoms with Crippen LogP contribution in [0.1, 0.15) is 22.4 Å². The molecule has 2 aromatic carbocycles. The molecular formula is C24H27N5O. The zero-order valence-electron chi connectivity index (χ0n) is 17.3. The third-order valence-electron chi connectivity index (χ3n) is 5.48. The zero-order valence-corrected chi connectivity index (χ0v) is 17.3. The van der Waals surface area contributed by atoms with Gasteiger partial charge in [0.25, 0.3) is 0 Å². The molecule has 0 bridgehead atoms. The van der Waals surface area contributed by atoms with E-state index in [1.807, 2.05) is 29.3 Å². The standard InChI is InChI=1S/C24H27N5O/c1-20-7-5-6-10-22(20)18-27-13-15-28(16-14-27)24(30)12-11-23-19-29(26-25-23)17-21-8-3-2-4-9-21/h2-12,19H,13-18H2,1H3/b12-11+. The minimum absolute atomic E-state index is 0.0307. The lowest BCUT2D eigenvalue weighted by Crippen LogP contribution is -2.47. The summed E-state index contributed by atoms with van der Waals surface area (Å²) >= 11 is 0. The molecule has 1 saturated heterocycles. The molecule has 0 radical (unpaired) electrons. The van der Waals surface area contributed by atoms with E-state index in [4.69, 9.17) is 0 Å². The number of benzene rings is 2. The minimum Gasteiger partial charge on any atom is -0.337 e. The summed E-state index contributed by atoms with van der Waals surface area (Å²) in [5.41, 5.74) is 4.53. The predicted octanol–water partition coefficient (Wildman–Crippen LogP) is 2.99. The van der Waals surface area contributed by atoms with E-state index in [1.165, 1.54) is 11.1 Å². The van der Waals surface area contributed by atoms with Gasteiger partial charge in [-0.05, 0) is 29.7 Å². The van der Waals surface area contributed by atoms with Crippen molar-refractivity contribution in [2.45, 2.75) is 20.0 Å². The van der Waals surface area contributed by atoms with E-state index in [1.54, 1.807) is 16.8 Å². The quantitative estimate of drug-likeness (QED) is 0.596. The van der Waals surface area contributed by atoms with E-state index in [0.717, 1.165) is 38.3 Å². The number of amides is 1. The Balaban J connectivity index is 1.27. The summed E-state index contributed by atoms with van der Waals surface area (Å²) in [6, 6.07) is 18.6. The van der Waals surface area contributed by atoms with Crippen LogP contribution in [0.3, 0.4) is 0 Å². The SMILES string of the molecule is Cc1ccccc1CN1CCN(C(=O)/C=C/c2cn(Cc3ccccc3)nn2)CC1. The molecule has 0 N–H and O–H groups in total. The van der Waals surface area contributed by atoms with Crippen LogP contribution in [-0.2, 0) is 17.9 Å². The molecule has 6 heteroatoms. The molecule has 0 atom stereocenters. The third kappa shape index (κ3) is 5.21. The summed E-state index contributed by atoms with van der Waals surface area (Å²) < 4.78 is 1.78. The fourth-order valence-corrected chi connectivity index (χ4v) is 3.65. The van der Waals surface area contributed by atoms with Crippen molar-refractivity contribution in [3.05, 3.63) is 89.3 Å². The van der Waals surface area contributed by atoms with Crippen LogP contribution in [0, 0.1) is 6.92 Å². The first-order chi connectivity index (χ1) is 14.7. The fourth-order valence-electron chi connectivity index (χ4n) is 3.65. The maximum Gasteiger partial charge on any atom is 0.246 e. The smallest absolute Gasteiger partial charge is 0.246 e. The molecule has 1 aliphatic heterocycles. The van der Waals surface area contributed by atoms with Crippen molar-refractivity contribution in [2.75, 3.05) is 26.2 Å². The molecule has 1 aromatic heterocycles. The van der Waals surface area contributed by atoms with Gasteiger partial charge in [0.15, 0.2) is 0 Å². The molecular weight excluding hydrogens is 374 g/mol. The number of hydrogen-bond acceptors (Lipinski definition) is 4. The number of aromatic nitrogens is 3. The normalized spacial score (nSPS) is 15.0. The van der Waals surface area contributed by atoms with Gasteiger partial charge in [-0.1, -0.05) is 59.8 Å². The lowest BCUT2D eigenvalue weighted by molar-refractivity contribution is -0.127. The predicted molar refractivity (Wildman–Crippen MR) is 118 cm³/mol. The lowest BCUT2D eigenvalue weighted by atomic mass is 10.1. The first kappa shape index (κ1) is 20.0. The molecule has 0 unspecified atom stereocenters. The highest BCUT2D eigenvalue weighted by Crippen LogP contribution is 2.13. The van der Waals surface area contributed by atoms with Crippen LogP contribution in [0.15, 0.2) is 66.9 Å². The topological polar surface area (TPSA) is 54.3 Å². The van der Waals surface area contributed by atoms with Gasteiger partial charge in [-0.2, -0.15) is 0 Å². The average Bonchev–Trinajstić information content (AvgIpc) is 3.22. The number of piperazine rings is 1. The van der Waals surface area contributed by atoms with Crippen molar-refractivity contribution in [1.82, 2.24) is 24.8 Å². The van der Waals surface area contributed by atoms with Gasteiger partial charge in [-0.3, -0.25) is 9.69 Å². The Bertz CT molecular complexity index is 1000. The van der Waals surface area contributed by atoms with Crippen LogP contribution in [-0.4, -0.2) is 56.9 Å². The second-order valence-electron chi connectivity index (χ2n) is 7.69. The molecule has 6 nitrogen and oxygen atoms in total. The number of nitrogens with zero attached hydrogens (tertiary/aromatic N) is 5. The molecule has 4 rings (SSSR count). The molecule has 0 aliphatic carbocycles. The largest absolute Gasteiger partial charge is 0.337 e. The van der Waals surface area contributed by atoms with Crippen molar-refractivity contribution in [3.8, 4) is 0 Å². The highest BCUT2D eigenvalue weighted by Gasteiger charge is 2.20. The highest BCUT2D eigenvalue weighted by molar-refractivity contribution is 5.91. The number of carbonyl (C=O) groups is 1. The number of carbonyl (C=O) groups excluding carboxylic acids is 1. The van der Waals surface area contributed by atoms with Gasteiger partial charge in [0.2, 0.25) is 5.91 Å². The second-order valence-corrected chi connectivity index (χ2v) is 7.69. The van der Waals surface area contributed by atoms with Gasteiger partial charge in [0.05, 0.1) is 12.7 Å². The van der Waals surface area contributed by atoms with Crippen LogP contribution in [0.25, 0.3) is 6.08 Å². The van der Waals surface area contributed by atoms with E-state index in [-0.39, 0.29) is 5.91 Å². The molecule has 30 heavy (non-hydrogen) atoms.